The van der Waals surface area contributed by atoms with Crippen molar-refractivity contribution < 1.29 is 4.74 Å². The van der Waals surface area contributed by atoms with Gasteiger partial charge < -0.3 is 15.0 Å². The minimum Gasteiger partial charge on any atom is -0.378 e. The van der Waals surface area contributed by atoms with Crippen LogP contribution in [0.2, 0.25) is 0 Å². The summed E-state index contributed by atoms with van der Waals surface area (Å²) < 4.78 is 5.28. The summed E-state index contributed by atoms with van der Waals surface area (Å²) in [4.78, 5) is 8.47. The molecule has 1 heterocycles. The Labute approximate surface area is 131 Å². The molecule has 4 nitrogen and oxygen atoms in total. The van der Waals surface area contributed by atoms with E-state index in [9.17, 15) is 0 Å². The molecule has 2 fully saturated rings. The first-order valence-electron chi connectivity index (χ1n) is 8.04. The van der Waals surface area contributed by atoms with E-state index < -0.39 is 0 Å². The van der Waals surface area contributed by atoms with Crippen molar-refractivity contribution in [1.82, 2.24) is 10.3 Å². The van der Waals surface area contributed by atoms with Crippen LogP contribution in [0.1, 0.15) is 36.3 Å². The van der Waals surface area contributed by atoms with E-state index in [0.29, 0.717) is 6.61 Å². The summed E-state index contributed by atoms with van der Waals surface area (Å²) in [6.07, 6.45) is 5.86. The molecule has 2 bridgehead atoms. The maximum Gasteiger partial charge on any atom is 0.185 e. The molecule has 0 aromatic carbocycles. The molecule has 0 aliphatic heterocycles. The number of nitrogens with zero attached hydrogens (tertiary/aromatic N) is 2. The van der Waals surface area contributed by atoms with Crippen molar-refractivity contribution >= 4 is 16.5 Å². The van der Waals surface area contributed by atoms with Crippen LogP contribution in [-0.4, -0.2) is 32.7 Å². The van der Waals surface area contributed by atoms with Crippen molar-refractivity contribution in [1.29, 1.82) is 0 Å². The van der Waals surface area contributed by atoms with Gasteiger partial charge in [0, 0.05) is 32.1 Å². The average Bonchev–Trinajstić information content (AvgIpc) is 3.15. The molecule has 0 saturated heterocycles. The molecule has 0 radical (unpaired) electrons. The zero-order valence-corrected chi connectivity index (χ0v) is 14.2. The molecule has 0 amide bonds. The Balaban J connectivity index is 1.66. The first-order valence-corrected chi connectivity index (χ1v) is 8.86. The molecule has 1 aromatic heterocycles. The summed E-state index contributed by atoms with van der Waals surface area (Å²) in [6, 6.07) is 0. The first-order chi connectivity index (χ1) is 10.2. The molecule has 3 unspecified atom stereocenters. The number of methoxy groups -OCH3 is 1. The quantitative estimate of drug-likeness (QED) is 0.840. The lowest BCUT2D eigenvalue weighted by Gasteiger charge is -2.26. The van der Waals surface area contributed by atoms with Crippen LogP contribution in [-0.2, 0) is 17.9 Å². The van der Waals surface area contributed by atoms with E-state index in [2.05, 4.69) is 17.3 Å². The minimum atomic E-state index is 0.607. The number of hydrogen-bond donors (Lipinski definition) is 1. The van der Waals surface area contributed by atoms with Gasteiger partial charge in [-0.15, -0.1) is 11.3 Å². The van der Waals surface area contributed by atoms with Gasteiger partial charge in [-0.3, -0.25) is 0 Å². The van der Waals surface area contributed by atoms with Crippen molar-refractivity contribution in [2.75, 3.05) is 32.6 Å². The molecule has 5 heteroatoms. The fraction of sp³-hybridized carbons (Fsp3) is 0.812. The second kappa shape index (κ2) is 6.63. The Kier molecular flexibility index (Phi) is 4.82. The topological polar surface area (TPSA) is 37.4 Å². The molecule has 1 aromatic rings. The predicted molar refractivity (Wildman–Crippen MR) is 87.8 cm³/mol. The molecule has 118 valence electrons. The second-order valence-electron chi connectivity index (χ2n) is 6.65. The average molecular weight is 309 g/mol. The van der Waals surface area contributed by atoms with Crippen molar-refractivity contribution in [3.8, 4) is 0 Å². The van der Waals surface area contributed by atoms with Gasteiger partial charge in [-0.05, 0) is 44.1 Å². The zero-order chi connectivity index (χ0) is 14.8. The number of ether oxygens (including phenoxy) is 1. The Hall–Kier alpha value is -0.650. The zero-order valence-electron chi connectivity index (χ0n) is 13.4. The number of rotatable bonds is 7. The largest absolute Gasteiger partial charge is 0.378 e. The van der Waals surface area contributed by atoms with Gasteiger partial charge in [-0.1, -0.05) is 6.42 Å². The summed E-state index contributed by atoms with van der Waals surface area (Å²) in [5.74, 6) is 2.89. The SMILES string of the molecule is CNCc1sc(N(C)CC2CC3CCC2C3)nc1COC. The number of fused-ring (bicyclic) bond motifs is 2. The Morgan fingerprint density at radius 2 is 2.24 bits per heavy atom. The summed E-state index contributed by atoms with van der Waals surface area (Å²) in [5.41, 5.74) is 1.09. The summed E-state index contributed by atoms with van der Waals surface area (Å²) >= 11 is 1.81. The number of anilines is 1. The molecular weight excluding hydrogens is 282 g/mol. The molecule has 2 aliphatic rings. The summed E-state index contributed by atoms with van der Waals surface area (Å²) in [5, 5.41) is 4.37. The molecule has 2 saturated carbocycles. The smallest absolute Gasteiger partial charge is 0.185 e. The van der Waals surface area contributed by atoms with Gasteiger partial charge in [0.05, 0.1) is 12.3 Å². The van der Waals surface area contributed by atoms with Crippen LogP contribution in [0.5, 0.6) is 0 Å². The molecule has 0 spiro atoms. The van der Waals surface area contributed by atoms with Gasteiger partial charge in [-0.25, -0.2) is 4.98 Å². The first kappa shape index (κ1) is 15.3. The van der Waals surface area contributed by atoms with E-state index in [-0.39, 0.29) is 0 Å². The fourth-order valence-electron chi connectivity index (χ4n) is 4.11. The highest BCUT2D eigenvalue weighted by Crippen LogP contribution is 2.48. The molecule has 3 atom stereocenters. The third-order valence-electron chi connectivity index (χ3n) is 5.10. The third kappa shape index (κ3) is 3.25. The van der Waals surface area contributed by atoms with Gasteiger partial charge in [0.25, 0.3) is 0 Å². The number of nitrogens with one attached hydrogen (secondary N) is 1. The van der Waals surface area contributed by atoms with Crippen LogP contribution < -0.4 is 10.2 Å². The molecule has 21 heavy (non-hydrogen) atoms. The number of thiazole rings is 1. The van der Waals surface area contributed by atoms with Crippen LogP contribution in [0, 0.1) is 17.8 Å². The van der Waals surface area contributed by atoms with E-state index in [0.717, 1.165) is 35.1 Å². The Bertz CT molecular complexity index is 453. The highest BCUT2D eigenvalue weighted by molar-refractivity contribution is 7.15. The van der Waals surface area contributed by atoms with Crippen LogP contribution >= 0.6 is 11.3 Å². The monoisotopic (exact) mass is 309 g/mol. The third-order valence-corrected chi connectivity index (χ3v) is 6.32. The van der Waals surface area contributed by atoms with E-state index in [1.807, 2.05) is 18.4 Å². The van der Waals surface area contributed by atoms with Gasteiger partial charge in [-0.2, -0.15) is 0 Å². The molecular formula is C16H27N3OS. The lowest BCUT2D eigenvalue weighted by Crippen LogP contribution is -2.28. The highest BCUT2D eigenvalue weighted by atomic mass is 32.1. The second-order valence-corrected chi connectivity index (χ2v) is 7.71. The maximum absolute atomic E-state index is 5.28. The van der Waals surface area contributed by atoms with E-state index in [1.54, 1.807) is 7.11 Å². The Morgan fingerprint density at radius 1 is 1.38 bits per heavy atom. The van der Waals surface area contributed by atoms with E-state index in [1.165, 1.54) is 37.1 Å². The number of hydrogen-bond acceptors (Lipinski definition) is 5. The van der Waals surface area contributed by atoms with Gasteiger partial charge in [0.15, 0.2) is 5.13 Å². The van der Waals surface area contributed by atoms with E-state index >= 15 is 0 Å². The van der Waals surface area contributed by atoms with Crippen LogP contribution in [0.15, 0.2) is 0 Å². The van der Waals surface area contributed by atoms with E-state index in [4.69, 9.17) is 9.72 Å². The molecule has 2 aliphatic carbocycles. The number of aromatic nitrogens is 1. The Morgan fingerprint density at radius 3 is 2.86 bits per heavy atom. The van der Waals surface area contributed by atoms with Crippen LogP contribution in [0.4, 0.5) is 5.13 Å². The standard InChI is InChI=1S/C16H27N3OS/c1-17-8-15-14(10-20-3)18-16(21-15)19(2)9-13-7-11-4-5-12(13)6-11/h11-13,17H,4-10H2,1-3H3. The summed E-state index contributed by atoms with van der Waals surface area (Å²) in [7, 11) is 5.92. The fourth-order valence-corrected chi connectivity index (χ4v) is 5.16. The maximum atomic E-state index is 5.28. The molecule has 1 N–H and O–H groups in total. The highest BCUT2D eigenvalue weighted by Gasteiger charge is 2.39. The van der Waals surface area contributed by atoms with Gasteiger partial charge in [0.1, 0.15) is 0 Å². The van der Waals surface area contributed by atoms with Crippen molar-refractivity contribution in [2.45, 2.75) is 38.8 Å². The molecule has 3 rings (SSSR count). The normalized spacial score (nSPS) is 27.5. The predicted octanol–water partition coefficient (Wildman–Crippen LogP) is 2.88. The van der Waals surface area contributed by atoms with Crippen molar-refractivity contribution in [3.63, 3.8) is 0 Å². The lowest BCUT2D eigenvalue weighted by molar-refractivity contribution is 0.181. The van der Waals surface area contributed by atoms with Gasteiger partial charge >= 0.3 is 0 Å². The lowest BCUT2D eigenvalue weighted by atomic mass is 9.88. The minimum absolute atomic E-state index is 0.607. The summed E-state index contributed by atoms with van der Waals surface area (Å²) in [6.45, 7) is 2.65. The van der Waals surface area contributed by atoms with Crippen LogP contribution in [0.25, 0.3) is 0 Å². The van der Waals surface area contributed by atoms with Crippen molar-refractivity contribution in [3.05, 3.63) is 10.6 Å². The van der Waals surface area contributed by atoms with Gasteiger partial charge in [0.2, 0.25) is 0 Å². The van der Waals surface area contributed by atoms with Crippen LogP contribution in [0.3, 0.4) is 0 Å². The van der Waals surface area contributed by atoms with Crippen molar-refractivity contribution in [2.24, 2.45) is 17.8 Å².